The Hall–Kier alpha value is -3.00. The Morgan fingerprint density at radius 1 is 1.21 bits per heavy atom. The number of rotatable bonds is 3. The number of carbonyl (C=O) groups is 1. The van der Waals surface area contributed by atoms with Crippen molar-refractivity contribution in [2.45, 2.75) is 26.8 Å². The minimum atomic E-state index is -0.753. The van der Waals surface area contributed by atoms with Gasteiger partial charge in [0.2, 0.25) is 5.95 Å². The summed E-state index contributed by atoms with van der Waals surface area (Å²) in [6, 6.07) is 9.69. The lowest BCUT2D eigenvalue weighted by atomic mass is 9.94. The third-order valence-corrected chi connectivity index (χ3v) is 5.42. The molecule has 0 aliphatic carbocycles. The van der Waals surface area contributed by atoms with E-state index < -0.39 is 11.9 Å². The van der Waals surface area contributed by atoms with E-state index >= 15 is 0 Å². The van der Waals surface area contributed by atoms with Gasteiger partial charge < -0.3 is 10.6 Å². The Balaban J connectivity index is 1.81. The summed E-state index contributed by atoms with van der Waals surface area (Å²) in [7, 11) is 0. The van der Waals surface area contributed by atoms with Gasteiger partial charge in [-0.3, -0.25) is 4.79 Å². The van der Waals surface area contributed by atoms with E-state index in [1.165, 1.54) is 17.1 Å². The zero-order chi connectivity index (χ0) is 20.7. The SMILES string of the molecule is CC1=C(C(=O)Nc2ccc(C)cc2C)[C@@H](c2cc(Br)ccc2F)n2ncnc2N1. The second-order valence-electron chi connectivity index (χ2n) is 7.03. The van der Waals surface area contributed by atoms with Crippen molar-refractivity contribution < 1.29 is 9.18 Å². The Labute approximate surface area is 176 Å². The number of nitrogens with zero attached hydrogens (tertiary/aromatic N) is 3. The third-order valence-electron chi connectivity index (χ3n) is 4.92. The van der Waals surface area contributed by atoms with Crippen LogP contribution in [-0.4, -0.2) is 20.7 Å². The maximum absolute atomic E-state index is 14.8. The smallest absolute Gasteiger partial charge is 0.255 e. The molecule has 0 fully saturated rings. The van der Waals surface area contributed by atoms with Crippen molar-refractivity contribution in [2.75, 3.05) is 10.6 Å². The largest absolute Gasteiger partial charge is 0.328 e. The van der Waals surface area contributed by atoms with Crippen LogP contribution < -0.4 is 10.6 Å². The molecule has 1 atom stereocenters. The number of amides is 1. The summed E-state index contributed by atoms with van der Waals surface area (Å²) in [5.74, 6) is -0.298. The van der Waals surface area contributed by atoms with Gasteiger partial charge in [-0.2, -0.15) is 10.1 Å². The summed E-state index contributed by atoms with van der Waals surface area (Å²) in [6.45, 7) is 5.70. The Morgan fingerprint density at radius 2 is 2.00 bits per heavy atom. The standard InChI is InChI=1S/C21H19BrFN5O/c1-11-4-7-17(12(2)8-11)27-20(29)18-13(3)26-21-24-10-25-28(21)19(18)15-9-14(22)5-6-16(15)23/h4-10,19H,1-3H3,(H,27,29)(H,24,25,26)/t19-/m1/s1. The summed E-state index contributed by atoms with van der Waals surface area (Å²) in [6.07, 6.45) is 1.38. The number of allylic oxidation sites excluding steroid dienone is 1. The third kappa shape index (κ3) is 3.55. The van der Waals surface area contributed by atoms with E-state index in [1.54, 1.807) is 19.1 Å². The second kappa shape index (κ2) is 7.44. The number of aryl methyl sites for hydroxylation is 2. The van der Waals surface area contributed by atoms with E-state index in [9.17, 15) is 9.18 Å². The van der Waals surface area contributed by atoms with E-state index in [-0.39, 0.29) is 5.91 Å². The lowest BCUT2D eigenvalue weighted by molar-refractivity contribution is -0.113. The molecule has 0 saturated heterocycles. The molecule has 3 aromatic rings. The molecule has 8 heteroatoms. The number of carbonyl (C=O) groups excluding carboxylic acids is 1. The van der Waals surface area contributed by atoms with Gasteiger partial charge in [0, 0.05) is 21.4 Å². The fourth-order valence-electron chi connectivity index (χ4n) is 3.54. The van der Waals surface area contributed by atoms with Crippen LogP contribution in [-0.2, 0) is 4.79 Å². The number of aromatic nitrogens is 3. The molecular weight excluding hydrogens is 437 g/mol. The van der Waals surface area contributed by atoms with Gasteiger partial charge >= 0.3 is 0 Å². The highest BCUT2D eigenvalue weighted by atomic mass is 79.9. The molecule has 0 spiro atoms. The lowest BCUT2D eigenvalue weighted by Gasteiger charge is -2.29. The summed E-state index contributed by atoms with van der Waals surface area (Å²) in [5.41, 5.74) is 4.07. The Bertz CT molecular complexity index is 1150. The van der Waals surface area contributed by atoms with E-state index in [1.807, 2.05) is 32.0 Å². The zero-order valence-electron chi connectivity index (χ0n) is 16.1. The van der Waals surface area contributed by atoms with Crippen LogP contribution in [0.25, 0.3) is 0 Å². The first-order chi connectivity index (χ1) is 13.8. The topological polar surface area (TPSA) is 71.8 Å². The highest BCUT2D eigenvalue weighted by Gasteiger charge is 2.35. The quantitative estimate of drug-likeness (QED) is 0.598. The van der Waals surface area contributed by atoms with E-state index in [4.69, 9.17) is 0 Å². The van der Waals surface area contributed by atoms with Crippen molar-refractivity contribution in [3.63, 3.8) is 0 Å². The number of anilines is 2. The number of hydrogen-bond acceptors (Lipinski definition) is 4. The molecule has 0 radical (unpaired) electrons. The molecule has 2 aromatic carbocycles. The molecule has 2 N–H and O–H groups in total. The van der Waals surface area contributed by atoms with E-state index in [0.29, 0.717) is 32.9 Å². The molecule has 1 aliphatic heterocycles. The average Bonchev–Trinajstić information content (AvgIpc) is 3.13. The lowest BCUT2D eigenvalue weighted by Crippen LogP contribution is -2.32. The van der Waals surface area contributed by atoms with Crippen molar-refractivity contribution in [2.24, 2.45) is 0 Å². The minimum absolute atomic E-state index is 0.326. The van der Waals surface area contributed by atoms with Crippen LogP contribution in [0.4, 0.5) is 16.0 Å². The molecule has 1 aromatic heterocycles. The van der Waals surface area contributed by atoms with Crippen molar-refractivity contribution in [3.8, 4) is 0 Å². The maximum atomic E-state index is 14.8. The first-order valence-corrected chi connectivity index (χ1v) is 9.85. The van der Waals surface area contributed by atoms with E-state index in [2.05, 4.69) is 36.6 Å². The second-order valence-corrected chi connectivity index (χ2v) is 7.95. The molecule has 6 nitrogen and oxygen atoms in total. The first-order valence-electron chi connectivity index (χ1n) is 9.06. The number of benzene rings is 2. The van der Waals surface area contributed by atoms with Crippen LogP contribution in [0.2, 0.25) is 0 Å². The number of hydrogen-bond donors (Lipinski definition) is 2. The fraction of sp³-hybridized carbons (Fsp3) is 0.190. The van der Waals surface area contributed by atoms with Gasteiger partial charge in [0.1, 0.15) is 18.2 Å². The van der Waals surface area contributed by atoms with Crippen molar-refractivity contribution in [3.05, 3.63) is 81.0 Å². The molecule has 0 unspecified atom stereocenters. The predicted octanol–water partition coefficient (Wildman–Crippen LogP) is 4.72. The van der Waals surface area contributed by atoms with Gasteiger partial charge in [-0.15, -0.1) is 0 Å². The van der Waals surface area contributed by atoms with Crippen molar-refractivity contribution >= 4 is 33.5 Å². The van der Waals surface area contributed by atoms with Crippen molar-refractivity contribution in [1.29, 1.82) is 0 Å². The Morgan fingerprint density at radius 3 is 2.76 bits per heavy atom. The van der Waals surface area contributed by atoms with Crippen LogP contribution in [0, 0.1) is 19.7 Å². The predicted molar refractivity (Wildman–Crippen MR) is 113 cm³/mol. The van der Waals surface area contributed by atoms with Gasteiger partial charge in [0.15, 0.2) is 0 Å². The fourth-order valence-corrected chi connectivity index (χ4v) is 3.92. The zero-order valence-corrected chi connectivity index (χ0v) is 17.7. The maximum Gasteiger partial charge on any atom is 0.255 e. The number of fused-ring (bicyclic) bond motifs is 1. The van der Waals surface area contributed by atoms with Crippen LogP contribution in [0.1, 0.15) is 29.7 Å². The van der Waals surface area contributed by atoms with E-state index in [0.717, 1.165) is 11.1 Å². The molecule has 1 aliphatic rings. The molecule has 0 saturated carbocycles. The van der Waals surface area contributed by atoms with Gasteiger partial charge in [-0.1, -0.05) is 33.6 Å². The van der Waals surface area contributed by atoms with Crippen molar-refractivity contribution in [1.82, 2.24) is 14.8 Å². The molecule has 1 amide bonds. The highest BCUT2D eigenvalue weighted by molar-refractivity contribution is 9.10. The van der Waals surface area contributed by atoms with Crippen LogP contribution in [0.15, 0.2) is 58.5 Å². The normalized spacial score (nSPS) is 15.7. The van der Waals surface area contributed by atoms with Gasteiger partial charge in [0.25, 0.3) is 5.91 Å². The average molecular weight is 456 g/mol. The molecule has 29 heavy (non-hydrogen) atoms. The summed E-state index contributed by atoms with van der Waals surface area (Å²) >= 11 is 3.39. The Kier molecular flexibility index (Phi) is 4.96. The molecule has 0 bridgehead atoms. The van der Waals surface area contributed by atoms with Crippen LogP contribution in [0.5, 0.6) is 0 Å². The molecule has 2 heterocycles. The first kappa shape index (κ1) is 19.3. The highest BCUT2D eigenvalue weighted by Crippen LogP contribution is 2.37. The minimum Gasteiger partial charge on any atom is -0.328 e. The monoisotopic (exact) mass is 455 g/mol. The van der Waals surface area contributed by atoms with Gasteiger partial charge in [-0.25, -0.2) is 9.07 Å². The van der Waals surface area contributed by atoms with Crippen LogP contribution >= 0.6 is 15.9 Å². The number of halogens is 2. The molecule has 4 rings (SSSR count). The summed E-state index contributed by atoms with van der Waals surface area (Å²) in [5, 5.41) is 10.3. The number of nitrogens with one attached hydrogen (secondary N) is 2. The molecule has 148 valence electrons. The van der Waals surface area contributed by atoms with Crippen LogP contribution in [0.3, 0.4) is 0 Å². The summed E-state index contributed by atoms with van der Waals surface area (Å²) in [4.78, 5) is 17.5. The molecular formula is C21H19BrFN5O. The summed E-state index contributed by atoms with van der Waals surface area (Å²) < 4.78 is 17.0. The van der Waals surface area contributed by atoms with Gasteiger partial charge in [-0.05, 0) is 50.6 Å². The van der Waals surface area contributed by atoms with Gasteiger partial charge in [0.05, 0.1) is 5.57 Å².